The van der Waals surface area contributed by atoms with Crippen LogP contribution in [0.2, 0.25) is 0 Å². The first-order valence-electron chi connectivity index (χ1n) is 20.0. The third-order valence-electron chi connectivity index (χ3n) is 9.53. The summed E-state index contributed by atoms with van der Waals surface area (Å²) in [6, 6.07) is 14.8. The first-order valence-corrected chi connectivity index (χ1v) is 20.0. The number of nitrogens with zero attached hydrogens (tertiary/aromatic N) is 5. The van der Waals surface area contributed by atoms with E-state index in [1.54, 1.807) is 17.9 Å². The van der Waals surface area contributed by atoms with E-state index in [0.29, 0.717) is 35.4 Å². The van der Waals surface area contributed by atoms with E-state index < -0.39 is 0 Å². The molecule has 2 aromatic heterocycles. The molecule has 5 heterocycles. The van der Waals surface area contributed by atoms with Gasteiger partial charge in [0.05, 0.1) is 0 Å². The fourth-order valence-electron chi connectivity index (χ4n) is 6.37. The third-order valence-corrected chi connectivity index (χ3v) is 9.53. The zero-order valence-electron chi connectivity index (χ0n) is 35.2. The highest BCUT2D eigenvalue weighted by molar-refractivity contribution is 5.94. The summed E-state index contributed by atoms with van der Waals surface area (Å²) in [7, 11) is 0. The van der Waals surface area contributed by atoms with Gasteiger partial charge in [0.25, 0.3) is 5.91 Å². The van der Waals surface area contributed by atoms with Gasteiger partial charge in [0.2, 0.25) is 12.3 Å². The van der Waals surface area contributed by atoms with E-state index in [9.17, 15) is 14.4 Å². The molecule has 2 atom stereocenters. The number of rotatable bonds is 7. The number of amides is 3. The maximum absolute atomic E-state index is 12.1. The lowest BCUT2D eigenvalue weighted by molar-refractivity contribution is -0.132. The summed E-state index contributed by atoms with van der Waals surface area (Å²) in [6.07, 6.45) is 9.29. The molecule has 3 aliphatic rings. The number of carbonyl (C=O) groups excluding carboxylic acids is 3. The third kappa shape index (κ3) is 15.8. The maximum Gasteiger partial charge on any atom is 0.274 e. The second-order valence-corrected chi connectivity index (χ2v) is 15.1. The standard InChI is InChI=1S/C13H13N.C12H19N3O.C10H16N2O2.C7H14N2.C2H6/c1-10-4-3-5-12(8-10)13-6-7-14-11(2)9-13;1-8(2)10-6-11(14-13-10)12(16)15-5-4-9(3)7-15;13-8-11-5-1-3-9(7-11)12-6-2-4-10(12)14;1-5(2)7(9)4-6(3)8;1-2/h3-9H,1-2H3;6,8-9H,4-5,7H2,1-3H3,(H,13,14);8-9H,1-7H2;4-5,9H,8H2,1-3H3;1-2H3/b;;;6-4-,9-7?;. The van der Waals surface area contributed by atoms with E-state index in [1.165, 1.54) is 16.7 Å². The van der Waals surface area contributed by atoms with Crippen molar-refractivity contribution in [3.05, 3.63) is 83.1 Å². The van der Waals surface area contributed by atoms with Gasteiger partial charge in [-0.3, -0.25) is 24.5 Å². The number of pyridine rings is 1. The highest BCUT2D eigenvalue weighted by atomic mass is 16.2. The van der Waals surface area contributed by atoms with E-state index >= 15 is 0 Å². The average molecular weight is 757 g/mol. The van der Waals surface area contributed by atoms with Crippen LogP contribution in [-0.4, -0.2) is 92.6 Å². The van der Waals surface area contributed by atoms with Crippen LogP contribution in [0.3, 0.4) is 0 Å². The van der Waals surface area contributed by atoms with Crippen molar-refractivity contribution in [3.8, 4) is 11.1 Å². The van der Waals surface area contributed by atoms with Gasteiger partial charge < -0.3 is 25.8 Å². The fourth-order valence-corrected chi connectivity index (χ4v) is 6.37. The molecule has 3 fully saturated rings. The smallest absolute Gasteiger partial charge is 0.274 e. The van der Waals surface area contributed by atoms with Crippen molar-refractivity contribution in [2.24, 2.45) is 17.6 Å². The number of allylic oxidation sites excluding steroid dienone is 2. The second-order valence-electron chi connectivity index (χ2n) is 15.1. The SMILES string of the molecule is C/C(N)=C/C(=N)C(C)C.CC.CC1CCN(C(=O)c2cc(C(C)C)[nH]n2)C1.Cc1cccc(-c2ccnc(C)c2)c1.O=CN1CCCC(N2CCCC2=O)C1. The highest BCUT2D eigenvalue weighted by Crippen LogP contribution is 2.22. The number of H-pyrrole nitrogens is 1. The largest absolute Gasteiger partial charge is 0.402 e. The van der Waals surface area contributed by atoms with Crippen LogP contribution >= 0.6 is 0 Å². The van der Waals surface area contributed by atoms with E-state index in [2.05, 4.69) is 73.2 Å². The van der Waals surface area contributed by atoms with Crippen LogP contribution in [0, 0.1) is 31.1 Å². The van der Waals surface area contributed by atoms with E-state index in [1.807, 2.05) is 62.7 Å². The van der Waals surface area contributed by atoms with Gasteiger partial charge in [-0.25, -0.2) is 0 Å². The Labute approximate surface area is 330 Å². The van der Waals surface area contributed by atoms with Crippen LogP contribution in [0.15, 0.2) is 60.4 Å². The Morgan fingerprint density at radius 1 is 0.982 bits per heavy atom. The molecule has 302 valence electrons. The Balaban J connectivity index is 0.000000254. The van der Waals surface area contributed by atoms with E-state index in [-0.39, 0.29) is 23.8 Å². The molecule has 2 unspecified atom stereocenters. The number of likely N-dealkylation sites (tertiary alicyclic amines) is 3. The van der Waals surface area contributed by atoms with Crippen LogP contribution in [0.4, 0.5) is 0 Å². The Hall–Kier alpha value is -4.80. The number of benzene rings is 1. The molecule has 3 saturated heterocycles. The molecular weight excluding hydrogens is 689 g/mol. The molecule has 3 amide bonds. The Morgan fingerprint density at radius 2 is 1.69 bits per heavy atom. The number of hydrogen-bond donors (Lipinski definition) is 3. The quantitative estimate of drug-likeness (QED) is 0.163. The summed E-state index contributed by atoms with van der Waals surface area (Å²) < 4.78 is 0. The molecule has 0 saturated carbocycles. The predicted molar refractivity (Wildman–Crippen MR) is 225 cm³/mol. The lowest BCUT2D eigenvalue weighted by Crippen LogP contribution is -2.47. The van der Waals surface area contributed by atoms with Gasteiger partial charge in [0.1, 0.15) is 5.69 Å². The molecule has 3 aromatic rings. The molecule has 6 rings (SSSR count). The summed E-state index contributed by atoms with van der Waals surface area (Å²) in [6.45, 7) is 24.4. The van der Waals surface area contributed by atoms with Crippen LogP contribution in [0.1, 0.15) is 121 Å². The molecule has 0 spiro atoms. The number of hydrogen-bond acceptors (Lipinski definition) is 7. The molecule has 3 aliphatic heterocycles. The molecular formula is C44H68N8O3. The Morgan fingerprint density at radius 3 is 2.20 bits per heavy atom. The minimum Gasteiger partial charge on any atom is -0.402 e. The van der Waals surface area contributed by atoms with Crippen LogP contribution in [0.25, 0.3) is 11.1 Å². The van der Waals surface area contributed by atoms with Crippen LogP contribution in [-0.2, 0) is 9.59 Å². The van der Waals surface area contributed by atoms with Crippen molar-refractivity contribution in [1.29, 1.82) is 5.41 Å². The Bertz CT molecular complexity index is 1630. The summed E-state index contributed by atoms with van der Waals surface area (Å²) in [5.74, 6) is 1.61. The number of nitrogens with one attached hydrogen (secondary N) is 2. The lowest BCUT2D eigenvalue weighted by Gasteiger charge is -2.35. The monoisotopic (exact) mass is 757 g/mol. The maximum atomic E-state index is 12.1. The Kier molecular flexibility index (Phi) is 20.1. The minimum atomic E-state index is 0.0625. The zero-order chi connectivity index (χ0) is 41.1. The van der Waals surface area contributed by atoms with Gasteiger partial charge in [-0.1, -0.05) is 78.3 Å². The molecule has 0 bridgehead atoms. The number of aromatic nitrogens is 3. The fraction of sp³-hybridized carbons (Fsp3) is 0.545. The predicted octanol–water partition coefficient (Wildman–Crippen LogP) is 8.16. The summed E-state index contributed by atoms with van der Waals surface area (Å²) in [4.78, 5) is 44.0. The van der Waals surface area contributed by atoms with Crippen molar-refractivity contribution in [2.45, 2.75) is 113 Å². The number of carbonyl (C=O) groups is 3. The summed E-state index contributed by atoms with van der Waals surface area (Å²) in [5.41, 5.74) is 13.1. The number of nitrogens with two attached hydrogens (primary N) is 1. The molecule has 55 heavy (non-hydrogen) atoms. The normalized spacial score (nSPS) is 17.9. The van der Waals surface area contributed by atoms with Crippen molar-refractivity contribution in [1.82, 2.24) is 29.9 Å². The van der Waals surface area contributed by atoms with Crippen molar-refractivity contribution < 1.29 is 14.4 Å². The van der Waals surface area contributed by atoms with Gasteiger partial charge >= 0.3 is 0 Å². The summed E-state index contributed by atoms with van der Waals surface area (Å²) >= 11 is 0. The second kappa shape index (κ2) is 23.9. The number of piperidine rings is 1. The molecule has 4 N–H and O–H groups in total. The molecule has 11 heteroatoms. The number of aryl methyl sites for hydroxylation is 2. The summed E-state index contributed by atoms with van der Waals surface area (Å²) in [5, 5.41) is 14.3. The molecule has 0 aliphatic carbocycles. The average Bonchev–Trinajstić information content (AvgIpc) is 3.94. The van der Waals surface area contributed by atoms with Crippen molar-refractivity contribution >= 4 is 23.9 Å². The van der Waals surface area contributed by atoms with Crippen molar-refractivity contribution in [2.75, 3.05) is 32.7 Å². The van der Waals surface area contributed by atoms with Gasteiger partial charge in [-0.15, -0.1) is 0 Å². The zero-order valence-corrected chi connectivity index (χ0v) is 35.2. The van der Waals surface area contributed by atoms with E-state index in [4.69, 9.17) is 11.1 Å². The first-order chi connectivity index (χ1) is 26.2. The molecule has 0 radical (unpaired) electrons. The van der Waals surface area contributed by atoms with Gasteiger partial charge in [0, 0.05) is 74.2 Å². The topological polar surface area (TPSA) is 152 Å². The molecule has 1 aromatic carbocycles. The first kappa shape index (κ1) is 46.4. The molecule has 11 nitrogen and oxygen atoms in total. The number of aromatic amines is 1. The highest BCUT2D eigenvalue weighted by Gasteiger charge is 2.31. The van der Waals surface area contributed by atoms with Gasteiger partial charge in [0.15, 0.2) is 0 Å². The van der Waals surface area contributed by atoms with Crippen LogP contribution in [0.5, 0.6) is 0 Å². The van der Waals surface area contributed by atoms with E-state index in [0.717, 1.165) is 76.2 Å². The minimum absolute atomic E-state index is 0.0625. The van der Waals surface area contributed by atoms with Crippen LogP contribution < -0.4 is 5.73 Å². The lowest BCUT2D eigenvalue weighted by atomic mass is 10.0. The van der Waals surface area contributed by atoms with Gasteiger partial charge in [-0.2, -0.15) is 5.10 Å². The van der Waals surface area contributed by atoms with Gasteiger partial charge in [-0.05, 0) is 99.6 Å². The van der Waals surface area contributed by atoms with Crippen molar-refractivity contribution in [3.63, 3.8) is 0 Å².